The molecule has 2 atom stereocenters. The molecule has 80 valence electrons. The molecule has 0 aliphatic heterocycles. The number of aliphatic hydroxyl groups excluding tert-OH is 1. The summed E-state index contributed by atoms with van der Waals surface area (Å²) in [5, 5.41) is 9.00. The molecule has 0 aromatic carbocycles. The van der Waals surface area contributed by atoms with Crippen molar-refractivity contribution in [2.75, 3.05) is 6.61 Å². The molecule has 0 aromatic rings. The highest BCUT2D eigenvalue weighted by Gasteiger charge is 2.42. The molecule has 0 aromatic heterocycles. The summed E-state index contributed by atoms with van der Waals surface area (Å²) in [6.45, 7) is 6.61. The van der Waals surface area contributed by atoms with Crippen LogP contribution >= 0.6 is 0 Å². The van der Waals surface area contributed by atoms with Crippen molar-refractivity contribution in [1.82, 2.24) is 0 Å². The maximum Gasteiger partial charge on any atom is 0.0455 e. The minimum atomic E-state index is -0.343. The molecule has 0 saturated carbocycles. The predicted octanol–water partition coefficient (Wildman–Crippen LogP) is 1.85. The summed E-state index contributed by atoms with van der Waals surface area (Å²) in [6.07, 6.45) is 8.90. The highest BCUT2D eigenvalue weighted by Crippen LogP contribution is 2.39. The second-order valence-electron chi connectivity index (χ2n) is 5.05. The molecular weight excluding hydrogens is 174 g/mol. The lowest BCUT2D eigenvalue weighted by Crippen LogP contribution is -2.55. The molecule has 2 nitrogen and oxygen atoms in total. The van der Waals surface area contributed by atoms with E-state index in [1.807, 2.05) is 12.2 Å². The zero-order chi connectivity index (χ0) is 10.8. The lowest BCUT2D eigenvalue weighted by molar-refractivity contribution is 0.155. The molecular formula is C12H21NO. The van der Waals surface area contributed by atoms with E-state index in [1.54, 1.807) is 0 Å². The Hall–Kier alpha value is -0.600. The van der Waals surface area contributed by atoms with E-state index in [1.165, 1.54) is 0 Å². The summed E-state index contributed by atoms with van der Waals surface area (Å²) in [5.74, 6) is 0.234. The van der Waals surface area contributed by atoms with Gasteiger partial charge in [0.15, 0.2) is 0 Å². The Morgan fingerprint density at radius 2 is 2.00 bits per heavy atom. The first-order chi connectivity index (χ1) is 6.42. The standard InChI is InChI=1S/C12H21NO/c1-11(2,3)12(13)8-5-4-6-10(12)7-9-14/h4-6,8,10,14H,7,9,13H2,1-3H3/t10-,12-/m0/s1. The number of nitrogens with two attached hydrogens (primary N) is 1. The number of allylic oxidation sites excluding steroid dienone is 2. The van der Waals surface area contributed by atoms with Gasteiger partial charge in [-0.2, -0.15) is 0 Å². The Balaban J connectivity index is 2.94. The first kappa shape index (κ1) is 11.5. The van der Waals surface area contributed by atoms with Crippen molar-refractivity contribution in [1.29, 1.82) is 0 Å². The molecule has 0 amide bonds. The Morgan fingerprint density at radius 1 is 1.36 bits per heavy atom. The number of aliphatic hydroxyl groups is 1. The van der Waals surface area contributed by atoms with E-state index >= 15 is 0 Å². The third-order valence-corrected chi connectivity index (χ3v) is 3.18. The highest BCUT2D eigenvalue weighted by atomic mass is 16.3. The predicted molar refractivity (Wildman–Crippen MR) is 59.8 cm³/mol. The molecule has 14 heavy (non-hydrogen) atoms. The lowest BCUT2D eigenvalue weighted by atomic mass is 9.64. The molecule has 1 aliphatic carbocycles. The quantitative estimate of drug-likeness (QED) is 0.706. The number of rotatable bonds is 2. The van der Waals surface area contributed by atoms with Crippen molar-refractivity contribution < 1.29 is 5.11 Å². The topological polar surface area (TPSA) is 46.2 Å². The molecule has 0 fully saturated rings. The van der Waals surface area contributed by atoms with Gasteiger partial charge in [0.05, 0.1) is 0 Å². The van der Waals surface area contributed by atoms with Crippen LogP contribution in [0.2, 0.25) is 0 Å². The first-order valence-electron chi connectivity index (χ1n) is 5.17. The fourth-order valence-electron chi connectivity index (χ4n) is 1.98. The fraction of sp³-hybridized carbons (Fsp3) is 0.667. The van der Waals surface area contributed by atoms with Crippen molar-refractivity contribution in [2.45, 2.75) is 32.7 Å². The summed E-state index contributed by atoms with van der Waals surface area (Å²) in [6, 6.07) is 0. The lowest BCUT2D eigenvalue weighted by Gasteiger charge is -2.45. The smallest absolute Gasteiger partial charge is 0.0455 e. The molecule has 0 radical (unpaired) electrons. The van der Waals surface area contributed by atoms with E-state index in [0.29, 0.717) is 0 Å². The molecule has 0 saturated heterocycles. The maximum absolute atomic E-state index is 9.00. The second-order valence-corrected chi connectivity index (χ2v) is 5.05. The Kier molecular flexibility index (Phi) is 3.17. The van der Waals surface area contributed by atoms with Crippen LogP contribution < -0.4 is 5.73 Å². The van der Waals surface area contributed by atoms with Crippen LogP contribution in [-0.4, -0.2) is 17.3 Å². The normalized spacial score (nSPS) is 32.2. The van der Waals surface area contributed by atoms with Gasteiger partial charge in [0.2, 0.25) is 0 Å². The van der Waals surface area contributed by atoms with Crippen LogP contribution in [-0.2, 0) is 0 Å². The van der Waals surface area contributed by atoms with E-state index in [9.17, 15) is 0 Å². The summed E-state index contributed by atoms with van der Waals surface area (Å²) >= 11 is 0. The number of hydrogen-bond acceptors (Lipinski definition) is 2. The minimum Gasteiger partial charge on any atom is -0.396 e. The molecule has 0 spiro atoms. The fourth-order valence-corrected chi connectivity index (χ4v) is 1.98. The van der Waals surface area contributed by atoms with Crippen molar-refractivity contribution >= 4 is 0 Å². The molecule has 3 N–H and O–H groups in total. The van der Waals surface area contributed by atoms with Crippen molar-refractivity contribution in [3.8, 4) is 0 Å². The number of hydrogen-bond donors (Lipinski definition) is 2. The van der Waals surface area contributed by atoms with Crippen LogP contribution in [0.25, 0.3) is 0 Å². The van der Waals surface area contributed by atoms with Gasteiger partial charge in [0.25, 0.3) is 0 Å². The van der Waals surface area contributed by atoms with Gasteiger partial charge < -0.3 is 10.8 Å². The SMILES string of the molecule is CC(C)(C)[C@]1(N)C=CC=C[C@H]1CCO. The van der Waals surface area contributed by atoms with Crippen molar-refractivity contribution in [2.24, 2.45) is 17.1 Å². The monoisotopic (exact) mass is 195 g/mol. The Labute approximate surface area is 86.5 Å². The van der Waals surface area contributed by atoms with Gasteiger partial charge in [-0.3, -0.25) is 0 Å². The Morgan fingerprint density at radius 3 is 2.50 bits per heavy atom. The zero-order valence-corrected chi connectivity index (χ0v) is 9.33. The van der Waals surface area contributed by atoms with E-state index < -0.39 is 0 Å². The summed E-state index contributed by atoms with van der Waals surface area (Å²) in [5.41, 5.74) is 6.08. The summed E-state index contributed by atoms with van der Waals surface area (Å²) in [4.78, 5) is 0. The highest BCUT2D eigenvalue weighted by molar-refractivity contribution is 5.26. The van der Waals surface area contributed by atoms with Crippen LogP contribution in [0, 0.1) is 11.3 Å². The third kappa shape index (κ3) is 1.91. The van der Waals surface area contributed by atoms with E-state index in [4.69, 9.17) is 10.8 Å². The molecule has 2 heteroatoms. The van der Waals surface area contributed by atoms with E-state index in [-0.39, 0.29) is 23.5 Å². The third-order valence-electron chi connectivity index (χ3n) is 3.18. The molecule has 0 heterocycles. The zero-order valence-electron chi connectivity index (χ0n) is 9.33. The second kappa shape index (κ2) is 3.87. The molecule has 0 bridgehead atoms. The van der Waals surface area contributed by atoms with Crippen molar-refractivity contribution in [3.63, 3.8) is 0 Å². The average Bonchev–Trinajstić information content (AvgIpc) is 2.07. The summed E-state index contributed by atoms with van der Waals surface area (Å²) in [7, 11) is 0. The Bertz CT molecular complexity index is 250. The summed E-state index contributed by atoms with van der Waals surface area (Å²) < 4.78 is 0. The van der Waals surface area contributed by atoms with Gasteiger partial charge in [0, 0.05) is 18.1 Å². The van der Waals surface area contributed by atoms with Crippen molar-refractivity contribution in [3.05, 3.63) is 24.3 Å². The maximum atomic E-state index is 9.00. The van der Waals surface area contributed by atoms with Gasteiger partial charge in [-0.15, -0.1) is 0 Å². The van der Waals surface area contributed by atoms with Gasteiger partial charge in [-0.05, 0) is 11.8 Å². The molecule has 1 rings (SSSR count). The van der Waals surface area contributed by atoms with Gasteiger partial charge >= 0.3 is 0 Å². The van der Waals surface area contributed by atoms with Crippen LogP contribution in [0.1, 0.15) is 27.2 Å². The van der Waals surface area contributed by atoms with Crippen LogP contribution in [0.3, 0.4) is 0 Å². The van der Waals surface area contributed by atoms with E-state index in [2.05, 4.69) is 32.9 Å². The molecule has 0 unspecified atom stereocenters. The van der Waals surface area contributed by atoms with Crippen LogP contribution in [0.15, 0.2) is 24.3 Å². The minimum absolute atomic E-state index is 0.00803. The van der Waals surface area contributed by atoms with Gasteiger partial charge in [-0.1, -0.05) is 45.1 Å². The molecule has 1 aliphatic rings. The van der Waals surface area contributed by atoms with Gasteiger partial charge in [0.1, 0.15) is 0 Å². The largest absolute Gasteiger partial charge is 0.396 e. The average molecular weight is 195 g/mol. The van der Waals surface area contributed by atoms with Crippen LogP contribution in [0.5, 0.6) is 0 Å². The van der Waals surface area contributed by atoms with Crippen LogP contribution in [0.4, 0.5) is 0 Å². The van der Waals surface area contributed by atoms with E-state index in [0.717, 1.165) is 6.42 Å². The first-order valence-corrected chi connectivity index (χ1v) is 5.17. The van der Waals surface area contributed by atoms with Gasteiger partial charge in [-0.25, -0.2) is 0 Å².